The summed E-state index contributed by atoms with van der Waals surface area (Å²) in [4.78, 5) is 22.9. The topological polar surface area (TPSA) is 55.4 Å². The Morgan fingerprint density at radius 1 is 1.04 bits per heavy atom. The third kappa shape index (κ3) is 5.54. The normalized spacial score (nSPS) is 10.2. The van der Waals surface area contributed by atoms with Crippen LogP contribution >= 0.6 is 0 Å². The summed E-state index contributed by atoms with van der Waals surface area (Å²) in [6.07, 6.45) is 0.865. The van der Waals surface area contributed by atoms with Gasteiger partial charge in [0.25, 0.3) is 0 Å². The fraction of sp³-hybridized carbons (Fsp3) is 0.222. The SMILES string of the molecule is CC(=O)c1ccc(OCCCC(=O)Nc2ccc(F)cc2)cc1. The molecule has 0 aliphatic heterocycles. The molecule has 0 saturated carbocycles. The third-order valence-electron chi connectivity index (χ3n) is 3.21. The number of carbonyl (C=O) groups is 2. The van der Waals surface area contributed by atoms with Crippen molar-refractivity contribution in [3.05, 3.63) is 59.9 Å². The minimum atomic E-state index is -0.341. The van der Waals surface area contributed by atoms with Crippen LogP contribution < -0.4 is 10.1 Å². The van der Waals surface area contributed by atoms with Crippen LogP contribution in [0, 0.1) is 5.82 Å². The van der Waals surface area contributed by atoms with Gasteiger partial charge in [-0.2, -0.15) is 0 Å². The summed E-state index contributed by atoms with van der Waals surface area (Å²) in [5.41, 5.74) is 1.20. The van der Waals surface area contributed by atoms with Crippen molar-refractivity contribution in [2.75, 3.05) is 11.9 Å². The Kier molecular flexibility index (Phi) is 5.86. The molecule has 0 spiro atoms. The van der Waals surface area contributed by atoms with Crippen LogP contribution in [-0.4, -0.2) is 18.3 Å². The minimum Gasteiger partial charge on any atom is -0.494 e. The summed E-state index contributed by atoms with van der Waals surface area (Å²) in [6, 6.07) is 12.5. The van der Waals surface area contributed by atoms with Gasteiger partial charge in [0.05, 0.1) is 6.61 Å². The first-order valence-electron chi connectivity index (χ1n) is 7.34. The molecule has 0 unspecified atom stereocenters. The number of nitrogens with one attached hydrogen (secondary N) is 1. The number of carbonyl (C=O) groups excluding carboxylic acids is 2. The zero-order valence-corrected chi connectivity index (χ0v) is 12.8. The van der Waals surface area contributed by atoms with Crippen molar-refractivity contribution in [1.29, 1.82) is 0 Å². The van der Waals surface area contributed by atoms with Crippen LogP contribution in [0.3, 0.4) is 0 Å². The van der Waals surface area contributed by atoms with Crippen molar-refractivity contribution < 1.29 is 18.7 Å². The van der Waals surface area contributed by atoms with E-state index >= 15 is 0 Å². The molecule has 2 aromatic carbocycles. The number of rotatable bonds is 7. The zero-order valence-electron chi connectivity index (χ0n) is 12.8. The predicted molar refractivity (Wildman–Crippen MR) is 86.2 cm³/mol. The van der Waals surface area contributed by atoms with E-state index in [0.29, 0.717) is 36.4 Å². The highest BCUT2D eigenvalue weighted by Crippen LogP contribution is 2.13. The molecule has 4 nitrogen and oxygen atoms in total. The van der Waals surface area contributed by atoms with E-state index in [1.54, 1.807) is 24.3 Å². The predicted octanol–water partition coefficient (Wildman–Crippen LogP) is 3.83. The summed E-state index contributed by atoms with van der Waals surface area (Å²) in [5, 5.41) is 2.69. The van der Waals surface area contributed by atoms with Crippen molar-refractivity contribution in [1.82, 2.24) is 0 Å². The van der Waals surface area contributed by atoms with Crippen molar-refractivity contribution >= 4 is 17.4 Å². The summed E-state index contributed by atoms with van der Waals surface area (Å²) < 4.78 is 18.3. The van der Waals surface area contributed by atoms with Crippen LogP contribution in [0.5, 0.6) is 5.75 Å². The van der Waals surface area contributed by atoms with Gasteiger partial charge in [-0.25, -0.2) is 4.39 Å². The van der Waals surface area contributed by atoms with Crippen LogP contribution in [0.4, 0.5) is 10.1 Å². The van der Waals surface area contributed by atoms with Gasteiger partial charge in [-0.1, -0.05) is 0 Å². The fourth-order valence-corrected chi connectivity index (χ4v) is 1.97. The lowest BCUT2D eigenvalue weighted by Crippen LogP contribution is -2.12. The second-order valence-corrected chi connectivity index (χ2v) is 5.09. The second kappa shape index (κ2) is 8.08. The highest BCUT2D eigenvalue weighted by Gasteiger charge is 2.04. The maximum Gasteiger partial charge on any atom is 0.224 e. The molecule has 0 radical (unpaired) electrons. The number of halogens is 1. The standard InChI is InChI=1S/C18H18FNO3/c1-13(21)14-4-10-17(11-5-14)23-12-2-3-18(22)20-16-8-6-15(19)7-9-16/h4-11H,2-3,12H2,1H3,(H,20,22). The molecule has 0 aliphatic carbocycles. The molecule has 0 bridgehead atoms. The van der Waals surface area contributed by atoms with Gasteiger partial charge in [0, 0.05) is 17.7 Å². The molecule has 23 heavy (non-hydrogen) atoms. The molecule has 1 N–H and O–H groups in total. The van der Waals surface area contributed by atoms with E-state index < -0.39 is 0 Å². The Labute approximate surface area is 134 Å². The molecule has 120 valence electrons. The number of ketones is 1. The molecule has 0 aliphatic rings. The Hall–Kier alpha value is -2.69. The van der Waals surface area contributed by atoms with Gasteiger partial charge < -0.3 is 10.1 Å². The average Bonchev–Trinajstić information content (AvgIpc) is 2.54. The minimum absolute atomic E-state index is 0.00835. The van der Waals surface area contributed by atoms with E-state index in [9.17, 15) is 14.0 Å². The fourth-order valence-electron chi connectivity index (χ4n) is 1.97. The van der Waals surface area contributed by atoms with E-state index in [0.717, 1.165) is 0 Å². The molecule has 0 atom stereocenters. The molecular formula is C18H18FNO3. The van der Waals surface area contributed by atoms with Gasteiger partial charge in [0.1, 0.15) is 11.6 Å². The second-order valence-electron chi connectivity index (χ2n) is 5.09. The number of benzene rings is 2. The smallest absolute Gasteiger partial charge is 0.224 e. The first kappa shape index (κ1) is 16.7. The quantitative estimate of drug-likeness (QED) is 0.624. The number of hydrogen-bond donors (Lipinski definition) is 1. The van der Waals surface area contributed by atoms with E-state index in [1.807, 2.05) is 0 Å². The number of Topliss-reactive ketones (excluding diaryl/α,β-unsaturated/α-hetero) is 1. The molecular weight excluding hydrogens is 297 g/mol. The van der Waals surface area contributed by atoms with Crippen LogP contribution in [-0.2, 0) is 4.79 Å². The van der Waals surface area contributed by atoms with Gasteiger partial charge >= 0.3 is 0 Å². The summed E-state index contributed by atoms with van der Waals surface area (Å²) in [6.45, 7) is 1.91. The van der Waals surface area contributed by atoms with Crippen molar-refractivity contribution in [3.8, 4) is 5.75 Å². The third-order valence-corrected chi connectivity index (χ3v) is 3.21. The van der Waals surface area contributed by atoms with E-state index in [1.165, 1.54) is 31.2 Å². The van der Waals surface area contributed by atoms with E-state index in [4.69, 9.17) is 4.74 Å². The molecule has 0 heterocycles. The van der Waals surface area contributed by atoms with Gasteiger partial charge in [-0.15, -0.1) is 0 Å². The molecule has 2 rings (SSSR count). The van der Waals surface area contributed by atoms with Crippen LogP contribution in [0.25, 0.3) is 0 Å². The molecule has 0 aromatic heterocycles. The zero-order chi connectivity index (χ0) is 16.7. The Morgan fingerprint density at radius 2 is 1.70 bits per heavy atom. The first-order valence-corrected chi connectivity index (χ1v) is 7.34. The monoisotopic (exact) mass is 315 g/mol. The lowest BCUT2D eigenvalue weighted by atomic mass is 10.1. The lowest BCUT2D eigenvalue weighted by molar-refractivity contribution is -0.116. The summed E-state index contributed by atoms with van der Waals surface area (Å²) in [5.74, 6) is 0.183. The Bertz CT molecular complexity index is 666. The number of amides is 1. The number of anilines is 1. The van der Waals surface area contributed by atoms with Crippen LogP contribution in [0.2, 0.25) is 0 Å². The van der Waals surface area contributed by atoms with Crippen molar-refractivity contribution in [2.24, 2.45) is 0 Å². The summed E-state index contributed by atoms with van der Waals surface area (Å²) in [7, 11) is 0. The van der Waals surface area contributed by atoms with Gasteiger partial charge in [-0.05, 0) is 61.9 Å². The molecule has 2 aromatic rings. The van der Waals surface area contributed by atoms with Gasteiger partial charge in [-0.3, -0.25) is 9.59 Å². The van der Waals surface area contributed by atoms with Crippen molar-refractivity contribution in [2.45, 2.75) is 19.8 Å². The van der Waals surface area contributed by atoms with E-state index in [-0.39, 0.29) is 17.5 Å². The number of hydrogen-bond acceptors (Lipinski definition) is 3. The lowest BCUT2D eigenvalue weighted by Gasteiger charge is -2.07. The highest BCUT2D eigenvalue weighted by atomic mass is 19.1. The largest absolute Gasteiger partial charge is 0.494 e. The molecule has 0 fully saturated rings. The van der Waals surface area contributed by atoms with Crippen LogP contribution in [0.15, 0.2) is 48.5 Å². The maximum absolute atomic E-state index is 12.8. The van der Waals surface area contributed by atoms with Gasteiger partial charge in [0.15, 0.2) is 5.78 Å². The van der Waals surface area contributed by atoms with E-state index in [2.05, 4.69) is 5.32 Å². The first-order chi connectivity index (χ1) is 11.0. The molecule has 0 saturated heterocycles. The molecule has 5 heteroatoms. The molecule has 1 amide bonds. The highest BCUT2D eigenvalue weighted by molar-refractivity contribution is 5.94. The van der Waals surface area contributed by atoms with Crippen LogP contribution in [0.1, 0.15) is 30.1 Å². The maximum atomic E-state index is 12.8. The summed E-state index contributed by atoms with van der Waals surface area (Å²) >= 11 is 0. The number of ether oxygens (including phenoxy) is 1. The Morgan fingerprint density at radius 3 is 2.30 bits per heavy atom. The Balaban J connectivity index is 1.69. The van der Waals surface area contributed by atoms with Crippen molar-refractivity contribution in [3.63, 3.8) is 0 Å². The average molecular weight is 315 g/mol. The van der Waals surface area contributed by atoms with Gasteiger partial charge in [0.2, 0.25) is 5.91 Å².